The number of aliphatic hydroxyl groups is 1. The Balaban J connectivity index is 2.03. The van der Waals surface area contributed by atoms with Crippen LogP contribution < -0.4 is 0 Å². The largest absolute Gasteiger partial charge is 0.384 e. The zero-order valence-electron chi connectivity index (χ0n) is 11.5. The molecule has 1 atom stereocenters. The van der Waals surface area contributed by atoms with Crippen LogP contribution in [0.15, 0.2) is 54.7 Å². The van der Waals surface area contributed by atoms with Crippen LogP contribution in [0, 0.1) is 12.7 Å². The molecular formula is C17H15FN2O. The van der Waals surface area contributed by atoms with Gasteiger partial charge in [0, 0.05) is 5.56 Å². The van der Waals surface area contributed by atoms with Crippen LogP contribution in [0.5, 0.6) is 0 Å². The number of aromatic amines is 1. The van der Waals surface area contributed by atoms with Gasteiger partial charge in [0.15, 0.2) is 0 Å². The van der Waals surface area contributed by atoms with Gasteiger partial charge in [0.25, 0.3) is 0 Å². The van der Waals surface area contributed by atoms with E-state index in [0.717, 1.165) is 11.3 Å². The number of aliphatic hydroxyl groups excluding tert-OH is 1. The van der Waals surface area contributed by atoms with Crippen LogP contribution in [0.2, 0.25) is 0 Å². The Hall–Kier alpha value is -2.46. The second-order valence-corrected chi connectivity index (χ2v) is 4.97. The average Bonchev–Trinajstić information content (AvgIpc) is 2.97. The van der Waals surface area contributed by atoms with Crippen molar-refractivity contribution in [1.29, 1.82) is 0 Å². The van der Waals surface area contributed by atoms with Crippen molar-refractivity contribution in [2.75, 3.05) is 0 Å². The smallest absolute Gasteiger partial charge is 0.123 e. The minimum Gasteiger partial charge on any atom is -0.384 e. The average molecular weight is 282 g/mol. The highest BCUT2D eigenvalue weighted by Crippen LogP contribution is 2.31. The van der Waals surface area contributed by atoms with Crippen molar-refractivity contribution in [1.82, 2.24) is 10.2 Å². The quantitative estimate of drug-likeness (QED) is 0.771. The minimum atomic E-state index is -0.848. The van der Waals surface area contributed by atoms with Gasteiger partial charge in [-0.2, -0.15) is 5.10 Å². The number of aromatic nitrogens is 2. The fourth-order valence-electron chi connectivity index (χ4n) is 2.45. The molecule has 0 spiro atoms. The molecule has 0 radical (unpaired) electrons. The molecule has 0 fully saturated rings. The fraction of sp³-hybridized carbons (Fsp3) is 0.118. The molecule has 0 aliphatic heterocycles. The van der Waals surface area contributed by atoms with Gasteiger partial charge in [-0.3, -0.25) is 5.10 Å². The van der Waals surface area contributed by atoms with Crippen molar-refractivity contribution in [2.24, 2.45) is 0 Å². The normalized spacial score (nSPS) is 12.3. The number of aryl methyl sites for hydroxylation is 1. The van der Waals surface area contributed by atoms with E-state index >= 15 is 0 Å². The Labute approximate surface area is 122 Å². The van der Waals surface area contributed by atoms with E-state index in [1.165, 1.54) is 12.1 Å². The molecular weight excluding hydrogens is 267 g/mol. The van der Waals surface area contributed by atoms with Gasteiger partial charge in [-0.15, -0.1) is 0 Å². The van der Waals surface area contributed by atoms with Crippen LogP contribution in [0.25, 0.3) is 11.3 Å². The highest BCUT2D eigenvalue weighted by molar-refractivity contribution is 5.64. The maximum Gasteiger partial charge on any atom is 0.123 e. The van der Waals surface area contributed by atoms with E-state index in [4.69, 9.17) is 0 Å². The van der Waals surface area contributed by atoms with Crippen molar-refractivity contribution in [3.05, 3.63) is 77.2 Å². The first-order valence-electron chi connectivity index (χ1n) is 6.69. The molecule has 3 aromatic rings. The summed E-state index contributed by atoms with van der Waals surface area (Å²) in [6, 6.07) is 14.1. The summed E-state index contributed by atoms with van der Waals surface area (Å²) in [5, 5.41) is 17.6. The Kier molecular flexibility index (Phi) is 3.54. The molecule has 0 saturated carbocycles. The monoisotopic (exact) mass is 282 g/mol. The third-order valence-corrected chi connectivity index (χ3v) is 3.55. The van der Waals surface area contributed by atoms with Crippen LogP contribution in [0.3, 0.4) is 0 Å². The summed E-state index contributed by atoms with van der Waals surface area (Å²) in [6.45, 7) is 1.78. The van der Waals surface area contributed by atoms with Crippen molar-refractivity contribution >= 4 is 0 Å². The molecule has 2 aromatic carbocycles. The van der Waals surface area contributed by atoms with E-state index in [-0.39, 0.29) is 5.82 Å². The van der Waals surface area contributed by atoms with Crippen molar-refractivity contribution in [3.63, 3.8) is 0 Å². The van der Waals surface area contributed by atoms with Crippen LogP contribution in [-0.4, -0.2) is 15.3 Å². The topological polar surface area (TPSA) is 48.9 Å². The predicted molar refractivity (Wildman–Crippen MR) is 79.2 cm³/mol. The van der Waals surface area contributed by atoms with Gasteiger partial charge < -0.3 is 5.11 Å². The van der Waals surface area contributed by atoms with E-state index in [0.29, 0.717) is 16.7 Å². The molecule has 0 bridgehead atoms. The Bertz CT molecular complexity index is 752. The number of hydrogen-bond donors (Lipinski definition) is 2. The Morgan fingerprint density at radius 3 is 2.57 bits per heavy atom. The molecule has 0 amide bonds. The number of nitrogens with one attached hydrogen (secondary N) is 1. The van der Waals surface area contributed by atoms with Crippen molar-refractivity contribution in [3.8, 4) is 11.3 Å². The predicted octanol–water partition coefficient (Wildman–Crippen LogP) is 3.61. The molecule has 21 heavy (non-hydrogen) atoms. The lowest BCUT2D eigenvalue weighted by Gasteiger charge is -2.14. The van der Waals surface area contributed by atoms with Gasteiger partial charge in [0.1, 0.15) is 11.9 Å². The maximum absolute atomic E-state index is 13.2. The molecule has 1 unspecified atom stereocenters. The maximum atomic E-state index is 13.2. The van der Waals surface area contributed by atoms with Gasteiger partial charge >= 0.3 is 0 Å². The lowest BCUT2D eigenvalue weighted by atomic mass is 9.96. The van der Waals surface area contributed by atoms with E-state index < -0.39 is 6.10 Å². The number of nitrogens with zero attached hydrogens (tertiary/aromatic N) is 1. The lowest BCUT2D eigenvalue weighted by molar-refractivity contribution is 0.220. The van der Waals surface area contributed by atoms with Gasteiger partial charge in [-0.1, -0.05) is 36.4 Å². The third kappa shape index (κ3) is 2.58. The molecule has 0 saturated heterocycles. The summed E-state index contributed by atoms with van der Waals surface area (Å²) in [6.07, 6.45) is 0.759. The first-order valence-corrected chi connectivity index (χ1v) is 6.69. The summed E-state index contributed by atoms with van der Waals surface area (Å²) < 4.78 is 13.2. The van der Waals surface area contributed by atoms with Gasteiger partial charge in [-0.05, 0) is 35.7 Å². The summed E-state index contributed by atoms with van der Waals surface area (Å²) in [5.74, 6) is -0.307. The van der Waals surface area contributed by atoms with Crippen molar-refractivity contribution in [2.45, 2.75) is 13.0 Å². The summed E-state index contributed by atoms with van der Waals surface area (Å²) in [7, 11) is 0. The minimum absolute atomic E-state index is 0.307. The second-order valence-electron chi connectivity index (χ2n) is 4.97. The molecule has 1 aromatic heterocycles. The summed E-state index contributed by atoms with van der Waals surface area (Å²) in [4.78, 5) is 0. The zero-order valence-corrected chi connectivity index (χ0v) is 11.5. The molecule has 3 nitrogen and oxygen atoms in total. The van der Waals surface area contributed by atoms with Crippen LogP contribution in [-0.2, 0) is 0 Å². The first kappa shape index (κ1) is 13.5. The van der Waals surface area contributed by atoms with E-state index in [1.54, 1.807) is 19.2 Å². The number of H-pyrrole nitrogens is 1. The fourth-order valence-corrected chi connectivity index (χ4v) is 2.45. The zero-order chi connectivity index (χ0) is 14.8. The second kappa shape index (κ2) is 5.50. The van der Waals surface area contributed by atoms with E-state index in [1.807, 2.05) is 30.3 Å². The Morgan fingerprint density at radius 2 is 1.86 bits per heavy atom. The van der Waals surface area contributed by atoms with Crippen LogP contribution in [0.4, 0.5) is 4.39 Å². The third-order valence-electron chi connectivity index (χ3n) is 3.55. The number of hydrogen-bond acceptors (Lipinski definition) is 2. The number of rotatable bonds is 3. The van der Waals surface area contributed by atoms with Crippen molar-refractivity contribution < 1.29 is 9.50 Å². The van der Waals surface area contributed by atoms with E-state index in [9.17, 15) is 9.50 Å². The summed E-state index contributed by atoms with van der Waals surface area (Å²) >= 11 is 0. The van der Waals surface area contributed by atoms with Gasteiger partial charge in [-0.25, -0.2) is 4.39 Å². The molecule has 4 heteroatoms. The SMILES string of the molecule is Cc1cc(F)ccc1C(O)c1cn[nH]c1-c1ccccc1. The number of halogens is 1. The van der Waals surface area contributed by atoms with Gasteiger partial charge in [0.05, 0.1) is 11.9 Å². The molecule has 2 N–H and O–H groups in total. The standard InChI is InChI=1S/C17H15FN2O/c1-11-9-13(18)7-8-14(11)17(21)15-10-19-20-16(15)12-5-3-2-4-6-12/h2-10,17,21H,1H3,(H,19,20). The highest BCUT2D eigenvalue weighted by Gasteiger charge is 2.19. The molecule has 1 heterocycles. The van der Waals surface area contributed by atoms with Crippen LogP contribution in [0.1, 0.15) is 22.8 Å². The lowest BCUT2D eigenvalue weighted by Crippen LogP contribution is -2.03. The van der Waals surface area contributed by atoms with E-state index in [2.05, 4.69) is 10.2 Å². The molecule has 0 aliphatic rings. The first-order chi connectivity index (χ1) is 10.2. The van der Waals surface area contributed by atoms with Crippen LogP contribution >= 0.6 is 0 Å². The molecule has 3 rings (SSSR count). The molecule has 106 valence electrons. The highest BCUT2D eigenvalue weighted by atomic mass is 19.1. The summed E-state index contributed by atoms with van der Waals surface area (Å²) in [5.41, 5.74) is 3.78. The van der Waals surface area contributed by atoms with Gasteiger partial charge in [0.2, 0.25) is 0 Å². The molecule has 0 aliphatic carbocycles. The Morgan fingerprint density at radius 1 is 1.10 bits per heavy atom. The number of benzene rings is 2.